The summed E-state index contributed by atoms with van der Waals surface area (Å²) in [4.78, 5) is 29.6. The summed E-state index contributed by atoms with van der Waals surface area (Å²) in [6, 6.07) is 8.52. The molecule has 2 N–H and O–H groups in total. The van der Waals surface area contributed by atoms with Crippen LogP contribution in [0.4, 0.5) is 0 Å². The number of hydrogen-bond acceptors (Lipinski definition) is 8. The van der Waals surface area contributed by atoms with Gasteiger partial charge in [0, 0.05) is 12.6 Å². The lowest BCUT2D eigenvalue weighted by Gasteiger charge is -2.26. The zero-order valence-electron chi connectivity index (χ0n) is 20.0. The highest BCUT2D eigenvalue weighted by molar-refractivity contribution is 6.46. The van der Waals surface area contributed by atoms with Crippen LogP contribution >= 0.6 is 0 Å². The maximum atomic E-state index is 13.1. The summed E-state index contributed by atoms with van der Waals surface area (Å²) in [5.74, 6) is -0.982. The number of hydrogen-bond donors (Lipinski definition) is 2. The third kappa shape index (κ3) is 4.79. The predicted molar refractivity (Wildman–Crippen MR) is 126 cm³/mol. The summed E-state index contributed by atoms with van der Waals surface area (Å²) in [5.41, 5.74) is 0.483. The molecule has 1 aliphatic rings. The molecule has 0 unspecified atom stereocenters. The average molecular weight is 471 g/mol. The molecule has 182 valence electrons. The fourth-order valence-electron chi connectivity index (χ4n) is 4.02. The monoisotopic (exact) mass is 470 g/mol. The van der Waals surface area contributed by atoms with Crippen LogP contribution in [-0.2, 0) is 9.59 Å². The molecule has 1 heterocycles. The van der Waals surface area contributed by atoms with Gasteiger partial charge in [-0.05, 0) is 56.9 Å². The molecule has 2 aromatic carbocycles. The molecular formula is C25H30N2O7. The minimum Gasteiger partial charge on any atom is -0.507 e. The molecule has 34 heavy (non-hydrogen) atoms. The number of carbonyl (C=O) groups excluding carboxylic acids is 2. The molecule has 0 radical (unpaired) electrons. The van der Waals surface area contributed by atoms with Crippen molar-refractivity contribution in [1.29, 1.82) is 0 Å². The first-order valence-corrected chi connectivity index (χ1v) is 10.8. The molecule has 1 aliphatic heterocycles. The lowest BCUT2D eigenvalue weighted by molar-refractivity contribution is -0.139. The second kappa shape index (κ2) is 10.5. The summed E-state index contributed by atoms with van der Waals surface area (Å²) < 4.78 is 15.8. The summed E-state index contributed by atoms with van der Waals surface area (Å²) in [6.45, 7) is 1.01. The molecule has 9 heteroatoms. The number of aliphatic hydroxyl groups excluding tert-OH is 1. The third-order valence-corrected chi connectivity index (χ3v) is 5.73. The van der Waals surface area contributed by atoms with Gasteiger partial charge in [-0.3, -0.25) is 9.59 Å². The Labute approximate surface area is 198 Å². The number of methoxy groups -OCH3 is 3. The van der Waals surface area contributed by atoms with E-state index in [2.05, 4.69) is 0 Å². The molecule has 3 rings (SSSR count). The van der Waals surface area contributed by atoms with E-state index >= 15 is 0 Å². The van der Waals surface area contributed by atoms with E-state index < -0.39 is 23.5 Å². The van der Waals surface area contributed by atoms with Crippen molar-refractivity contribution in [2.45, 2.75) is 12.5 Å². The second-order valence-electron chi connectivity index (χ2n) is 8.15. The molecule has 2 aromatic rings. The van der Waals surface area contributed by atoms with Crippen LogP contribution in [0, 0.1) is 0 Å². The normalized spacial score (nSPS) is 17.4. The number of rotatable bonds is 9. The lowest BCUT2D eigenvalue weighted by Crippen LogP contribution is -2.32. The number of ketones is 1. The number of nitrogens with zero attached hydrogens (tertiary/aromatic N) is 2. The van der Waals surface area contributed by atoms with Crippen molar-refractivity contribution in [3.63, 3.8) is 0 Å². The number of likely N-dealkylation sites (tertiary alicyclic amines) is 1. The van der Waals surface area contributed by atoms with Gasteiger partial charge in [0.25, 0.3) is 11.7 Å². The molecule has 1 fully saturated rings. The highest BCUT2D eigenvalue weighted by Gasteiger charge is 2.46. The highest BCUT2D eigenvalue weighted by atomic mass is 16.5. The molecule has 9 nitrogen and oxygen atoms in total. The van der Waals surface area contributed by atoms with E-state index in [0.29, 0.717) is 42.3 Å². The molecule has 0 spiro atoms. The van der Waals surface area contributed by atoms with E-state index in [1.807, 2.05) is 19.0 Å². The lowest BCUT2D eigenvalue weighted by atomic mass is 9.94. The van der Waals surface area contributed by atoms with Crippen LogP contribution in [0.15, 0.2) is 42.0 Å². The number of Topliss-reactive ketones (excluding diaryl/α,β-unsaturated/α-hetero) is 1. The van der Waals surface area contributed by atoms with Crippen molar-refractivity contribution in [3.05, 3.63) is 53.1 Å². The van der Waals surface area contributed by atoms with Crippen molar-refractivity contribution in [1.82, 2.24) is 9.80 Å². The van der Waals surface area contributed by atoms with Crippen LogP contribution in [0.25, 0.3) is 5.76 Å². The van der Waals surface area contributed by atoms with Crippen molar-refractivity contribution in [3.8, 4) is 23.0 Å². The summed E-state index contributed by atoms with van der Waals surface area (Å²) in [7, 11) is 8.30. The smallest absolute Gasteiger partial charge is 0.295 e. The van der Waals surface area contributed by atoms with E-state index in [1.165, 1.54) is 38.4 Å². The molecule has 0 bridgehead atoms. The quantitative estimate of drug-likeness (QED) is 0.327. The van der Waals surface area contributed by atoms with Gasteiger partial charge in [-0.2, -0.15) is 0 Å². The number of phenolic OH excluding ortho intramolecular Hbond substituents is 1. The standard InChI is InChI=1S/C25H30N2O7/c1-26(2)11-6-12-27-22(15-7-10-19(33-4)20(13-15)34-5)21(24(30)25(27)31)23(29)17-9-8-16(32-3)14-18(17)28/h7-10,13-14,22,28-29H,6,11-12H2,1-5H3/t22-/m1/s1. The van der Waals surface area contributed by atoms with Gasteiger partial charge in [0.1, 0.15) is 17.3 Å². The van der Waals surface area contributed by atoms with E-state index in [9.17, 15) is 19.8 Å². The van der Waals surface area contributed by atoms with Crippen molar-refractivity contribution in [2.75, 3.05) is 48.5 Å². The van der Waals surface area contributed by atoms with Gasteiger partial charge in [0.05, 0.1) is 38.5 Å². The minimum atomic E-state index is -0.872. The van der Waals surface area contributed by atoms with Gasteiger partial charge in [-0.15, -0.1) is 0 Å². The number of aromatic hydroxyl groups is 1. The Kier molecular flexibility index (Phi) is 7.68. The SMILES string of the molecule is COc1ccc(C(O)=C2C(=O)C(=O)N(CCCN(C)C)[C@@H]2c2ccc(OC)c(OC)c2)c(O)c1. The van der Waals surface area contributed by atoms with Crippen LogP contribution in [0.2, 0.25) is 0 Å². The number of ether oxygens (including phenoxy) is 3. The Morgan fingerprint density at radius 2 is 1.71 bits per heavy atom. The van der Waals surface area contributed by atoms with Gasteiger partial charge >= 0.3 is 0 Å². The molecule has 0 aliphatic carbocycles. The topological polar surface area (TPSA) is 109 Å². The van der Waals surface area contributed by atoms with E-state index in [4.69, 9.17) is 14.2 Å². The largest absolute Gasteiger partial charge is 0.507 e. The van der Waals surface area contributed by atoms with Crippen molar-refractivity contribution < 1.29 is 34.0 Å². The summed E-state index contributed by atoms with van der Waals surface area (Å²) in [6.07, 6.45) is 0.623. The number of carbonyl (C=O) groups is 2. The first-order valence-electron chi connectivity index (χ1n) is 10.8. The Morgan fingerprint density at radius 3 is 2.29 bits per heavy atom. The number of amides is 1. The van der Waals surface area contributed by atoms with Crippen LogP contribution < -0.4 is 14.2 Å². The molecule has 1 saturated heterocycles. The summed E-state index contributed by atoms with van der Waals surface area (Å²) >= 11 is 0. The van der Waals surface area contributed by atoms with Crippen molar-refractivity contribution in [2.24, 2.45) is 0 Å². The molecule has 0 aromatic heterocycles. The van der Waals surface area contributed by atoms with Crippen LogP contribution in [0.3, 0.4) is 0 Å². The maximum absolute atomic E-state index is 13.1. The Morgan fingerprint density at radius 1 is 1.00 bits per heavy atom. The number of phenols is 1. The molecule has 1 atom stereocenters. The van der Waals surface area contributed by atoms with Gasteiger partial charge in [0.15, 0.2) is 11.5 Å². The zero-order valence-corrected chi connectivity index (χ0v) is 20.0. The van der Waals surface area contributed by atoms with Gasteiger partial charge in [0.2, 0.25) is 0 Å². The molecular weight excluding hydrogens is 440 g/mol. The highest BCUT2D eigenvalue weighted by Crippen LogP contribution is 2.43. The van der Waals surface area contributed by atoms with E-state index in [0.717, 1.165) is 0 Å². The maximum Gasteiger partial charge on any atom is 0.295 e. The van der Waals surface area contributed by atoms with Gasteiger partial charge < -0.3 is 34.2 Å². The fourth-order valence-corrected chi connectivity index (χ4v) is 4.02. The van der Waals surface area contributed by atoms with Crippen LogP contribution in [-0.4, -0.2) is 80.2 Å². The average Bonchev–Trinajstić information content (AvgIpc) is 3.07. The van der Waals surface area contributed by atoms with Crippen LogP contribution in [0.1, 0.15) is 23.6 Å². The van der Waals surface area contributed by atoms with Crippen LogP contribution in [0.5, 0.6) is 23.0 Å². The fraction of sp³-hybridized carbons (Fsp3) is 0.360. The second-order valence-corrected chi connectivity index (χ2v) is 8.15. The molecule has 0 saturated carbocycles. The Hall–Kier alpha value is -3.72. The van der Waals surface area contributed by atoms with Crippen molar-refractivity contribution >= 4 is 17.4 Å². The van der Waals surface area contributed by atoms with E-state index in [-0.39, 0.29) is 16.9 Å². The van der Waals surface area contributed by atoms with E-state index in [1.54, 1.807) is 24.3 Å². The number of aliphatic hydroxyl groups is 1. The first kappa shape index (κ1) is 24.9. The Bertz CT molecular complexity index is 1110. The van der Waals surface area contributed by atoms with Gasteiger partial charge in [-0.25, -0.2) is 0 Å². The zero-order chi connectivity index (χ0) is 25.0. The molecule has 1 amide bonds. The summed E-state index contributed by atoms with van der Waals surface area (Å²) in [5, 5.41) is 21.6. The van der Waals surface area contributed by atoms with Gasteiger partial charge in [-0.1, -0.05) is 6.07 Å². The number of benzene rings is 2. The minimum absolute atomic E-state index is 0.0255. The third-order valence-electron chi connectivity index (χ3n) is 5.73. The first-order chi connectivity index (χ1) is 16.2. The predicted octanol–water partition coefficient (Wildman–Crippen LogP) is 2.79. The Balaban J connectivity index is 2.17.